The number of ether oxygens (including phenoxy) is 1. The number of rotatable bonds is 15. The van der Waals surface area contributed by atoms with Crippen molar-refractivity contribution in [3.63, 3.8) is 0 Å². The fraction of sp³-hybridized carbons (Fsp3) is 0.535. The van der Waals surface area contributed by atoms with Crippen LogP contribution >= 0.6 is 23.2 Å². The van der Waals surface area contributed by atoms with Gasteiger partial charge in [0.2, 0.25) is 0 Å². The van der Waals surface area contributed by atoms with Gasteiger partial charge >= 0.3 is 6.03 Å². The van der Waals surface area contributed by atoms with Gasteiger partial charge < -0.3 is 25.8 Å². The number of amides is 3. The first-order chi connectivity index (χ1) is 24.0. The lowest BCUT2D eigenvalue weighted by Crippen LogP contribution is -2.34. The molecule has 9 heteroatoms. The molecule has 3 aromatic rings. The summed E-state index contributed by atoms with van der Waals surface area (Å²) in [5.74, 6) is 0.212. The Morgan fingerprint density at radius 2 is 1.33 bits per heavy atom. The van der Waals surface area contributed by atoms with Crippen molar-refractivity contribution in [2.75, 3.05) is 16.0 Å². The number of carbonyl (C=O) groups is 2. The zero-order valence-corrected chi connectivity index (χ0v) is 34.7. The van der Waals surface area contributed by atoms with Crippen LogP contribution in [0.4, 0.5) is 21.9 Å². The number of halogens is 2. The van der Waals surface area contributed by atoms with Crippen LogP contribution in [-0.2, 0) is 15.6 Å². The number of phenols is 1. The molecule has 3 aromatic carbocycles. The molecule has 0 radical (unpaired) electrons. The van der Waals surface area contributed by atoms with Gasteiger partial charge in [-0.25, -0.2) is 4.79 Å². The fourth-order valence-corrected chi connectivity index (χ4v) is 7.68. The normalized spacial score (nSPS) is 13.0. The van der Waals surface area contributed by atoms with Crippen molar-refractivity contribution in [2.45, 2.75) is 138 Å². The lowest BCUT2D eigenvalue weighted by atomic mass is 9.68. The van der Waals surface area contributed by atoms with Crippen LogP contribution in [0.5, 0.6) is 11.5 Å². The van der Waals surface area contributed by atoms with Crippen molar-refractivity contribution in [1.82, 2.24) is 0 Å². The van der Waals surface area contributed by atoms with Gasteiger partial charge in [-0.2, -0.15) is 0 Å². The van der Waals surface area contributed by atoms with Crippen LogP contribution in [0, 0.1) is 10.8 Å². The monoisotopic (exact) mass is 753 g/mol. The Morgan fingerprint density at radius 3 is 1.92 bits per heavy atom. The summed E-state index contributed by atoms with van der Waals surface area (Å²) in [6, 6.07) is 15.2. The van der Waals surface area contributed by atoms with Crippen LogP contribution in [0.2, 0.25) is 10.0 Å². The highest BCUT2D eigenvalue weighted by molar-refractivity contribution is 6.42. The van der Waals surface area contributed by atoms with Gasteiger partial charge in [-0.15, -0.1) is 0 Å². The van der Waals surface area contributed by atoms with Gasteiger partial charge in [0.05, 0.1) is 15.7 Å². The van der Waals surface area contributed by atoms with Gasteiger partial charge in [0.25, 0.3) is 5.91 Å². The molecule has 52 heavy (non-hydrogen) atoms. The maximum Gasteiger partial charge on any atom is 0.323 e. The summed E-state index contributed by atoms with van der Waals surface area (Å²) in [4.78, 5) is 26.6. The third-order valence-corrected chi connectivity index (χ3v) is 9.75. The van der Waals surface area contributed by atoms with E-state index in [2.05, 4.69) is 110 Å². The van der Waals surface area contributed by atoms with Gasteiger partial charge in [-0.3, -0.25) is 4.79 Å². The summed E-state index contributed by atoms with van der Waals surface area (Å²) in [5, 5.41) is 19.7. The number of unbranched alkanes of at least 4 members (excludes halogenated alkanes) is 3. The third-order valence-electron chi connectivity index (χ3n) is 9.01. The van der Waals surface area contributed by atoms with E-state index in [9.17, 15) is 14.7 Å². The van der Waals surface area contributed by atoms with E-state index >= 15 is 0 Å². The summed E-state index contributed by atoms with van der Waals surface area (Å²) in [5.41, 5.74) is 3.28. The SMILES string of the molecule is CCCCCCC(Oc1ccc(C(C)(C)CC(C)(C)C)cc1C(C)(C)CC(C)(C)C)C(=O)Nc1ccc(NC(=O)Nc2ccc(Cl)c(Cl)c2)c(O)c1. The van der Waals surface area contributed by atoms with Crippen LogP contribution in [0.15, 0.2) is 54.6 Å². The lowest BCUT2D eigenvalue weighted by molar-refractivity contribution is -0.123. The van der Waals surface area contributed by atoms with Gasteiger partial charge in [0, 0.05) is 23.0 Å². The average Bonchev–Trinajstić information content (AvgIpc) is 2.99. The van der Waals surface area contributed by atoms with Crippen molar-refractivity contribution in [1.29, 1.82) is 0 Å². The van der Waals surface area contributed by atoms with E-state index in [-0.39, 0.29) is 39.0 Å². The minimum atomic E-state index is -0.758. The first-order valence-electron chi connectivity index (χ1n) is 18.5. The second kappa shape index (κ2) is 17.6. The topological polar surface area (TPSA) is 99.7 Å². The highest BCUT2D eigenvalue weighted by atomic mass is 35.5. The summed E-state index contributed by atoms with van der Waals surface area (Å²) in [6.07, 6.45) is 5.73. The standard InChI is InChI=1S/C43H61Cl2N3O4/c1-12-13-14-15-16-37(38(50)46-30-19-21-34(35(49)25-30)48-39(51)47-29-18-20-32(44)33(45)24-29)52-36-22-17-28(42(8,9)26-40(2,3)4)23-31(36)43(10,11)27-41(5,6)7/h17-25,37,49H,12-16,26-27H2,1-11H3,(H,46,50)(H2,47,48,51). The number of hydrogen-bond acceptors (Lipinski definition) is 4. The number of hydrogen-bond donors (Lipinski definition) is 4. The molecule has 0 aromatic heterocycles. The van der Waals surface area contributed by atoms with E-state index in [0.29, 0.717) is 27.8 Å². The zero-order chi connectivity index (χ0) is 39.1. The van der Waals surface area contributed by atoms with Gasteiger partial charge in [0.15, 0.2) is 6.10 Å². The molecule has 0 bridgehead atoms. The molecule has 1 atom stereocenters. The summed E-state index contributed by atoms with van der Waals surface area (Å²) in [7, 11) is 0. The highest BCUT2D eigenvalue weighted by Gasteiger charge is 2.34. The number of aromatic hydroxyl groups is 1. The Bertz CT molecular complexity index is 1690. The number of carbonyl (C=O) groups excluding carboxylic acids is 2. The molecule has 0 aliphatic heterocycles. The number of nitrogens with one attached hydrogen (secondary N) is 3. The Hall–Kier alpha value is -3.42. The number of benzene rings is 3. The van der Waals surface area contributed by atoms with Crippen LogP contribution in [0.3, 0.4) is 0 Å². The summed E-state index contributed by atoms with van der Waals surface area (Å²) < 4.78 is 6.75. The summed E-state index contributed by atoms with van der Waals surface area (Å²) >= 11 is 12.0. The van der Waals surface area contributed by atoms with Crippen LogP contribution in [0.25, 0.3) is 0 Å². The maximum atomic E-state index is 14.0. The Labute approximate surface area is 322 Å². The molecule has 7 nitrogen and oxygen atoms in total. The lowest BCUT2D eigenvalue weighted by Gasteiger charge is -2.37. The molecule has 3 rings (SSSR count). The minimum absolute atomic E-state index is 0.0620. The van der Waals surface area contributed by atoms with Gasteiger partial charge in [-0.1, -0.05) is 131 Å². The van der Waals surface area contributed by atoms with E-state index in [4.69, 9.17) is 27.9 Å². The van der Waals surface area contributed by atoms with Crippen molar-refractivity contribution in [3.05, 3.63) is 75.8 Å². The van der Waals surface area contributed by atoms with E-state index in [0.717, 1.165) is 49.8 Å². The van der Waals surface area contributed by atoms with Crippen LogP contribution in [-0.4, -0.2) is 23.1 Å². The predicted molar refractivity (Wildman–Crippen MR) is 220 cm³/mol. The number of urea groups is 1. The van der Waals surface area contributed by atoms with E-state index in [1.807, 2.05) is 0 Å². The van der Waals surface area contributed by atoms with Crippen LogP contribution < -0.4 is 20.7 Å². The quantitative estimate of drug-likeness (QED) is 0.0917. The Morgan fingerprint density at radius 1 is 0.712 bits per heavy atom. The third kappa shape index (κ3) is 13.2. The van der Waals surface area contributed by atoms with E-state index < -0.39 is 12.1 Å². The molecule has 1 unspecified atom stereocenters. The van der Waals surface area contributed by atoms with Gasteiger partial charge in [-0.05, 0) is 89.3 Å². The maximum absolute atomic E-state index is 14.0. The number of anilines is 3. The molecule has 0 fully saturated rings. The predicted octanol–water partition coefficient (Wildman–Crippen LogP) is 13.1. The first kappa shape index (κ1) is 43.0. The fourth-order valence-electron chi connectivity index (χ4n) is 7.38. The summed E-state index contributed by atoms with van der Waals surface area (Å²) in [6.45, 7) is 24.9. The van der Waals surface area contributed by atoms with Gasteiger partial charge in [0.1, 0.15) is 11.5 Å². The van der Waals surface area contributed by atoms with Crippen molar-refractivity contribution >= 4 is 52.2 Å². The number of phenolic OH excluding ortho intramolecular Hbond substituents is 1. The Kier molecular flexibility index (Phi) is 14.6. The largest absolute Gasteiger partial charge is 0.506 e. The molecule has 0 aliphatic rings. The minimum Gasteiger partial charge on any atom is -0.506 e. The van der Waals surface area contributed by atoms with E-state index in [1.54, 1.807) is 18.2 Å². The molecule has 0 spiro atoms. The smallest absolute Gasteiger partial charge is 0.323 e. The second-order valence-electron chi connectivity index (χ2n) is 17.8. The molecule has 0 aliphatic carbocycles. The molecule has 0 heterocycles. The van der Waals surface area contributed by atoms with Crippen molar-refractivity contribution in [3.8, 4) is 11.5 Å². The molecule has 286 valence electrons. The molecule has 4 N–H and O–H groups in total. The average molecular weight is 755 g/mol. The highest BCUT2D eigenvalue weighted by Crippen LogP contribution is 2.44. The first-order valence-corrected chi connectivity index (χ1v) is 19.2. The molecule has 0 saturated carbocycles. The van der Waals surface area contributed by atoms with Crippen molar-refractivity contribution < 1.29 is 19.4 Å². The zero-order valence-electron chi connectivity index (χ0n) is 33.2. The molecule has 0 saturated heterocycles. The second-order valence-corrected chi connectivity index (χ2v) is 18.7. The molecular formula is C43H61Cl2N3O4. The van der Waals surface area contributed by atoms with Crippen molar-refractivity contribution in [2.24, 2.45) is 10.8 Å². The molecular weight excluding hydrogens is 693 g/mol. The van der Waals surface area contributed by atoms with E-state index in [1.165, 1.54) is 23.8 Å². The Balaban J connectivity index is 1.89. The molecule has 3 amide bonds. The van der Waals surface area contributed by atoms with Crippen LogP contribution in [0.1, 0.15) is 132 Å².